The van der Waals surface area contributed by atoms with Crippen molar-refractivity contribution in [3.8, 4) is 11.5 Å². The Hall–Kier alpha value is -3.43. The zero-order valence-corrected chi connectivity index (χ0v) is 18.6. The number of hydrogen-bond donors (Lipinski definition) is 0. The molecule has 4 aromatic rings. The monoisotopic (exact) mass is 481 g/mol. The lowest BCUT2D eigenvalue weighted by molar-refractivity contribution is -0.130. The molecule has 2 aliphatic heterocycles. The van der Waals surface area contributed by atoms with Crippen molar-refractivity contribution in [1.29, 1.82) is 0 Å². The van der Waals surface area contributed by atoms with Crippen LogP contribution in [0.4, 0.5) is 0 Å². The lowest BCUT2D eigenvalue weighted by Gasteiger charge is -2.22. The average molecular weight is 482 g/mol. The molecule has 1 atom stereocenters. The summed E-state index contributed by atoms with van der Waals surface area (Å²) in [7, 11) is 0. The maximum Gasteiger partial charge on any atom is 0.257 e. The van der Waals surface area contributed by atoms with Crippen molar-refractivity contribution in [2.45, 2.75) is 17.7 Å². The molecule has 33 heavy (non-hydrogen) atoms. The predicted octanol–water partition coefficient (Wildman–Crippen LogP) is 5.27. The molecule has 2 aromatic carbocycles. The van der Waals surface area contributed by atoms with Crippen molar-refractivity contribution in [2.75, 3.05) is 12.5 Å². The summed E-state index contributed by atoms with van der Waals surface area (Å²) in [5.74, 6) is 1.92. The van der Waals surface area contributed by atoms with Crippen molar-refractivity contribution < 1.29 is 23.1 Å². The van der Waals surface area contributed by atoms with Crippen LogP contribution in [0, 0.1) is 0 Å². The molecule has 0 saturated carbocycles. The number of amides is 1. The summed E-state index contributed by atoms with van der Waals surface area (Å²) in [6, 6.07) is 14.2. The van der Waals surface area contributed by atoms with Gasteiger partial charge in [-0.2, -0.15) is 5.10 Å². The van der Waals surface area contributed by atoms with Crippen LogP contribution in [-0.2, 0) is 4.79 Å². The van der Waals surface area contributed by atoms with Gasteiger partial charge in [0.2, 0.25) is 6.79 Å². The van der Waals surface area contributed by atoms with Gasteiger partial charge in [0.25, 0.3) is 11.1 Å². The van der Waals surface area contributed by atoms with Crippen LogP contribution in [0.3, 0.4) is 0 Å². The number of fused-ring (bicyclic) bond motifs is 2. The fraction of sp³-hybridized carbons (Fsp3) is 0.174. The third-order valence-corrected chi connectivity index (χ3v) is 6.45. The summed E-state index contributed by atoms with van der Waals surface area (Å²) < 4.78 is 22.2. The van der Waals surface area contributed by atoms with E-state index in [0.717, 1.165) is 5.56 Å². The number of hydrogen-bond acceptors (Lipinski definition) is 8. The summed E-state index contributed by atoms with van der Waals surface area (Å²) >= 11 is 7.23. The number of hydrazone groups is 1. The number of oxazole rings is 1. The quantitative estimate of drug-likeness (QED) is 0.358. The second kappa shape index (κ2) is 8.17. The van der Waals surface area contributed by atoms with Gasteiger partial charge in [-0.15, -0.1) is 0 Å². The number of benzene rings is 2. The van der Waals surface area contributed by atoms with Gasteiger partial charge in [0, 0.05) is 11.4 Å². The highest BCUT2D eigenvalue weighted by Crippen LogP contribution is 2.39. The molecule has 0 aliphatic carbocycles. The van der Waals surface area contributed by atoms with Crippen LogP contribution >= 0.6 is 23.4 Å². The van der Waals surface area contributed by atoms with E-state index in [-0.39, 0.29) is 24.5 Å². The number of rotatable bonds is 5. The van der Waals surface area contributed by atoms with E-state index in [2.05, 4.69) is 10.1 Å². The van der Waals surface area contributed by atoms with Gasteiger partial charge < -0.3 is 18.3 Å². The first-order chi connectivity index (χ1) is 16.1. The van der Waals surface area contributed by atoms with Gasteiger partial charge >= 0.3 is 0 Å². The van der Waals surface area contributed by atoms with Gasteiger partial charge in [0.1, 0.15) is 17.0 Å². The van der Waals surface area contributed by atoms with E-state index >= 15 is 0 Å². The zero-order chi connectivity index (χ0) is 22.4. The molecule has 6 rings (SSSR count). The van der Waals surface area contributed by atoms with Gasteiger partial charge in [-0.3, -0.25) is 4.79 Å². The predicted molar refractivity (Wildman–Crippen MR) is 122 cm³/mol. The lowest BCUT2D eigenvalue weighted by Crippen LogP contribution is -2.28. The standard InChI is InChI=1S/C23H16ClN3O5S/c24-14-4-6-19-15(9-14)25-23(32-19)33-11-22(28)27-17(10-16(26-27)18-2-1-7-29-18)13-3-5-20-21(8-13)31-12-30-20/h1-9,17H,10-12H2/t17-/m1/s1. The third-order valence-electron chi connectivity index (χ3n) is 5.40. The Labute approximate surface area is 197 Å². The van der Waals surface area contributed by atoms with Crippen LogP contribution in [-0.4, -0.2) is 34.2 Å². The second-order valence-electron chi connectivity index (χ2n) is 7.48. The molecule has 2 aromatic heterocycles. The SMILES string of the molecule is O=C(CSc1nc2cc(Cl)ccc2o1)N1N=C(c2ccco2)C[C@@H]1c1ccc2c(c1)OCO2. The van der Waals surface area contributed by atoms with E-state index in [9.17, 15) is 4.79 Å². The van der Waals surface area contributed by atoms with Crippen molar-refractivity contribution in [1.82, 2.24) is 9.99 Å². The Bertz CT molecular complexity index is 1380. The number of nitrogens with zero attached hydrogens (tertiary/aromatic N) is 3. The molecule has 0 spiro atoms. The minimum absolute atomic E-state index is 0.108. The smallest absolute Gasteiger partial charge is 0.257 e. The average Bonchev–Trinajstić information content (AvgIpc) is 3.61. The molecule has 0 bridgehead atoms. The Kier molecular flexibility index (Phi) is 5.00. The number of carbonyl (C=O) groups is 1. The molecule has 4 heterocycles. The van der Waals surface area contributed by atoms with Crippen molar-refractivity contribution in [2.24, 2.45) is 5.10 Å². The largest absolute Gasteiger partial charge is 0.463 e. The van der Waals surface area contributed by atoms with Crippen LogP contribution in [0.1, 0.15) is 23.8 Å². The van der Waals surface area contributed by atoms with Crippen molar-refractivity contribution >= 4 is 46.1 Å². The number of aromatic nitrogens is 1. The second-order valence-corrected chi connectivity index (χ2v) is 8.84. The summed E-state index contributed by atoms with van der Waals surface area (Å²) in [5, 5.41) is 7.08. The number of furan rings is 1. The van der Waals surface area contributed by atoms with Gasteiger partial charge in [-0.1, -0.05) is 29.4 Å². The van der Waals surface area contributed by atoms with Crippen LogP contribution in [0.2, 0.25) is 5.02 Å². The summed E-state index contributed by atoms with van der Waals surface area (Å²) in [4.78, 5) is 17.6. The first-order valence-electron chi connectivity index (χ1n) is 10.2. The summed E-state index contributed by atoms with van der Waals surface area (Å²) in [5.41, 5.74) is 2.87. The molecule has 0 radical (unpaired) electrons. The molecule has 10 heteroatoms. The number of ether oxygens (including phenoxy) is 2. The Morgan fingerprint density at radius 2 is 2.06 bits per heavy atom. The van der Waals surface area contributed by atoms with Crippen molar-refractivity contribution in [3.05, 3.63) is 71.1 Å². The molecule has 1 amide bonds. The maximum absolute atomic E-state index is 13.2. The first kappa shape index (κ1) is 20.2. The molecule has 0 N–H and O–H groups in total. The van der Waals surface area contributed by atoms with Crippen LogP contribution in [0.25, 0.3) is 11.1 Å². The minimum Gasteiger partial charge on any atom is -0.463 e. The topological polar surface area (TPSA) is 90.3 Å². The third kappa shape index (κ3) is 3.83. The fourth-order valence-corrected chi connectivity index (χ4v) is 4.70. The van der Waals surface area contributed by atoms with Crippen LogP contribution in [0.15, 0.2) is 74.0 Å². The molecule has 0 fully saturated rings. The van der Waals surface area contributed by atoms with Gasteiger partial charge in [-0.25, -0.2) is 9.99 Å². The molecular weight excluding hydrogens is 466 g/mol. The molecule has 0 unspecified atom stereocenters. The highest BCUT2D eigenvalue weighted by Gasteiger charge is 2.35. The highest BCUT2D eigenvalue weighted by atomic mass is 35.5. The Morgan fingerprint density at radius 1 is 1.15 bits per heavy atom. The number of thioether (sulfide) groups is 1. The highest BCUT2D eigenvalue weighted by molar-refractivity contribution is 7.99. The fourth-order valence-electron chi connectivity index (χ4n) is 3.84. The molecular formula is C23H16ClN3O5S. The lowest BCUT2D eigenvalue weighted by atomic mass is 10.0. The maximum atomic E-state index is 13.2. The van der Waals surface area contributed by atoms with E-state index in [1.165, 1.54) is 16.8 Å². The van der Waals surface area contributed by atoms with E-state index in [0.29, 0.717) is 50.7 Å². The summed E-state index contributed by atoms with van der Waals surface area (Å²) in [6.45, 7) is 0.187. The zero-order valence-electron chi connectivity index (χ0n) is 17.1. The summed E-state index contributed by atoms with van der Waals surface area (Å²) in [6.07, 6.45) is 2.11. The molecule has 2 aliphatic rings. The first-order valence-corrected chi connectivity index (χ1v) is 11.5. The van der Waals surface area contributed by atoms with Crippen molar-refractivity contribution in [3.63, 3.8) is 0 Å². The Balaban J connectivity index is 1.25. The number of carbonyl (C=O) groups excluding carboxylic acids is 1. The number of halogens is 1. The van der Waals surface area contributed by atoms with Gasteiger partial charge in [-0.05, 0) is 48.0 Å². The normalized spacial score (nSPS) is 17.1. The van der Waals surface area contributed by atoms with E-state index in [1.54, 1.807) is 30.5 Å². The molecule has 8 nitrogen and oxygen atoms in total. The van der Waals surface area contributed by atoms with Crippen LogP contribution in [0.5, 0.6) is 11.5 Å². The minimum atomic E-state index is -0.296. The van der Waals surface area contributed by atoms with Crippen LogP contribution < -0.4 is 9.47 Å². The van der Waals surface area contributed by atoms with Gasteiger partial charge in [0.15, 0.2) is 17.1 Å². The molecule has 0 saturated heterocycles. The van der Waals surface area contributed by atoms with E-state index < -0.39 is 0 Å². The Morgan fingerprint density at radius 3 is 2.94 bits per heavy atom. The van der Waals surface area contributed by atoms with E-state index in [1.807, 2.05) is 24.3 Å². The van der Waals surface area contributed by atoms with Gasteiger partial charge in [0.05, 0.1) is 18.1 Å². The molecule has 166 valence electrons. The van der Waals surface area contributed by atoms with E-state index in [4.69, 9.17) is 29.9 Å².